The van der Waals surface area contributed by atoms with E-state index in [2.05, 4.69) is 20.9 Å². The summed E-state index contributed by atoms with van der Waals surface area (Å²) in [5, 5.41) is 0.378. The van der Waals surface area contributed by atoms with Gasteiger partial charge in [-0.1, -0.05) is 27.5 Å². The highest BCUT2D eigenvalue weighted by molar-refractivity contribution is 9.10. The van der Waals surface area contributed by atoms with Crippen molar-refractivity contribution < 1.29 is 9.13 Å². The Morgan fingerprint density at radius 2 is 2.12 bits per heavy atom. The third-order valence-electron chi connectivity index (χ3n) is 1.80. The molecule has 82 valence electrons. The molecule has 0 aliphatic heterocycles. The van der Waals surface area contributed by atoms with E-state index in [0.29, 0.717) is 21.0 Å². The van der Waals surface area contributed by atoms with Crippen LogP contribution in [0.5, 0.6) is 11.5 Å². The highest BCUT2D eigenvalue weighted by Gasteiger charge is 2.04. The van der Waals surface area contributed by atoms with Crippen LogP contribution < -0.4 is 4.74 Å². The first-order valence-corrected chi connectivity index (χ1v) is 5.56. The summed E-state index contributed by atoms with van der Waals surface area (Å²) in [7, 11) is 0. The number of hydrogen-bond acceptors (Lipinski definition) is 2. The Labute approximate surface area is 105 Å². The van der Waals surface area contributed by atoms with E-state index in [0.717, 1.165) is 0 Å². The number of pyridine rings is 1. The maximum Gasteiger partial charge on any atom is 0.149 e. The topological polar surface area (TPSA) is 22.1 Å². The van der Waals surface area contributed by atoms with Crippen molar-refractivity contribution in [3.8, 4) is 11.5 Å². The normalized spacial score (nSPS) is 10.2. The van der Waals surface area contributed by atoms with Gasteiger partial charge in [-0.3, -0.25) is 4.98 Å². The molecule has 0 unspecified atom stereocenters. The van der Waals surface area contributed by atoms with Gasteiger partial charge in [-0.15, -0.1) is 0 Å². The number of hydrogen-bond donors (Lipinski definition) is 0. The molecule has 5 heteroatoms. The smallest absolute Gasteiger partial charge is 0.149 e. The van der Waals surface area contributed by atoms with Crippen molar-refractivity contribution >= 4 is 27.5 Å². The van der Waals surface area contributed by atoms with Gasteiger partial charge in [-0.05, 0) is 12.1 Å². The third-order valence-corrected chi connectivity index (χ3v) is 2.54. The fraction of sp³-hybridized carbons (Fsp3) is 0. The van der Waals surface area contributed by atoms with Gasteiger partial charge in [0.1, 0.15) is 22.3 Å². The number of aromatic nitrogens is 1. The van der Waals surface area contributed by atoms with Gasteiger partial charge in [0, 0.05) is 29.0 Å². The molecule has 0 N–H and O–H groups in total. The molecule has 0 saturated heterocycles. The molecule has 2 nitrogen and oxygen atoms in total. The first-order chi connectivity index (χ1) is 7.65. The first kappa shape index (κ1) is 11.4. The molecule has 0 fully saturated rings. The number of nitrogens with zero attached hydrogens (tertiary/aromatic N) is 1. The Bertz CT molecular complexity index is 501. The Morgan fingerprint density at radius 1 is 1.31 bits per heavy atom. The van der Waals surface area contributed by atoms with Crippen LogP contribution in [-0.2, 0) is 0 Å². The van der Waals surface area contributed by atoms with E-state index in [1.807, 2.05) is 0 Å². The molecular formula is C11H6BrClFNO. The van der Waals surface area contributed by atoms with Crippen molar-refractivity contribution in [2.45, 2.75) is 0 Å². The van der Waals surface area contributed by atoms with Crippen LogP contribution in [-0.4, -0.2) is 4.98 Å². The molecule has 0 atom stereocenters. The zero-order valence-electron chi connectivity index (χ0n) is 7.95. The minimum absolute atomic E-state index is 0.375. The second-order valence-electron chi connectivity index (χ2n) is 3.01. The lowest BCUT2D eigenvalue weighted by Gasteiger charge is -2.07. The molecule has 16 heavy (non-hydrogen) atoms. The van der Waals surface area contributed by atoms with Gasteiger partial charge in [-0.25, -0.2) is 4.39 Å². The Kier molecular flexibility index (Phi) is 3.41. The van der Waals surface area contributed by atoms with Crippen LogP contribution in [0.3, 0.4) is 0 Å². The monoisotopic (exact) mass is 301 g/mol. The minimum Gasteiger partial charge on any atom is -0.456 e. The first-order valence-electron chi connectivity index (χ1n) is 4.38. The number of ether oxygens (including phenoxy) is 1. The van der Waals surface area contributed by atoms with Gasteiger partial charge in [0.25, 0.3) is 0 Å². The SMILES string of the molecule is Fc1cc(Br)cc(Oc2ccncc2Cl)c1. The maximum atomic E-state index is 13.1. The predicted molar refractivity (Wildman–Crippen MR) is 63.4 cm³/mol. The van der Waals surface area contributed by atoms with E-state index in [-0.39, 0.29) is 5.82 Å². The van der Waals surface area contributed by atoms with Crippen molar-refractivity contribution in [2.75, 3.05) is 0 Å². The number of benzene rings is 1. The Morgan fingerprint density at radius 3 is 2.81 bits per heavy atom. The largest absolute Gasteiger partial charge is 0.456 e. The van der Waals surface area contributed by atoms with Crippen LogP contribution >= 0.6 is 27.5 Å². The second kappa shape index (κ2) is 4.80. The predicted octanol–water partition coefficient (Wildman–Crippen LogP) is 4.43. The molecule has 2 aromatic rings. The summed E-state index contributed by atoms with van der Waals surface area (Å²) in [5.41, 5.74) is 0. The Balaban J connectivity index is 2.30. The molecule has 0 aliphatic carbocycles. The summed E-state index contributed by atoms with van der Waals surface area (Å²) in [6.45, 7) is 0. The molecule has 0 aliphatic rings. The number of halogens is 3. The van der Waals surface area contributed by atoms with Crippen molar-refractivity contribution in [3.05, 3.63) is 52.0 Å². The van der Waals surface area contributed by atoms with Gasteiger partial charge < -0.3 is 4.74 Å². The fourth-order valence-corrected chi connectivity index (χ4v) is 1.76. The van der Waals surface area contributed by atoms with Gasteiger partial charge >= 0.3 is 0 Å². The quantitative estimate of drug-likeness (QED) is 0.819. The standard InChI is InChI=1S/C11H6BrClFNO/c12-7-3-8(14)5-9(4-7)16-11-1-2-15-6-10(11)13/h1-6H. The molecular weight excluding hydrogens is 296 g/mol. The second-order valence-corrected chi connectivity index (χ2v) is 4.34. The van der Waals surface area contributed by atoms with Crippen LogP contribution in [0.25, 0.3) is 0 Å². The summed E-state index contributed by atoms with van der Waals surface area (Å²) in [5.74, 6) is 0.434. The summed E-state index contributed by atoms with van der Waals surface area (Å²) in [4.78, 5) is 3.83. The van der Waals surface area contributed by atoms with Crippen molar-refractivity contribution in [2.24, 2.45) is 0 Å². The van der Waals surface area contributed by atoms with Crippen molar-refractivity contribution in [1.82, 2.24) is 4.98 Å². The average Bonchev–Trinajstić information content (AvgIpc) is 2.20. The summed E-state index contributed by atoms with van der Waals surface area (Å²) in [6.07, 6.45) is 3.01. The molecule has 1 heterocycles. The lowest BCUT2D eigenvalue weighted by molar-refractivity contribution is 0.476. The Hall–Kier alpha value is -1.13. The molecule has 1 aromatic heterocycles. The van der Waals surface area contributed by atoms with E-state index >= 15 is 0 Å². The van der Waals surface area contributed by atoms with Gasteiger partial charge in [0.2, 0.25) is 0 Å². The highest BCUT2D eigenvalue weighted by atomic mass is 79.9. The third kappa shape index (κ3) is 2.71. The molecule has 1 aromatic carbocycles. The molecule has 0 spiro atoms. The van der Waals surface area contributed by atoms with Crippen LogP contribution in [0.2, 0.25) is 5.02 Å². The van der Waals surface area contributed by atoms with Crippen LogP contribution in [0.4, 0.5) is 4.39 Å². The van der Waals surface area contributed by atoms with E-state index in [1.54, 1.807) is 18.3 Å². The van der Waals surface area contributed by atoms with E-state index in [1.165, 1.54) is 18.3 Å². The zero-order chi connectivity index (χ0) is 11.5. The molecule has 2 rings (SSSR count). The zero-order valence-corrected chi connectivity index (χ0v) is 10.3. The van der Waals surface area contributed by atoms with Crippen molar-refractivity contribution in [1.29, 1.82) is 0 Å². The lowest BCUT2D eigenvalue weighted by atomic mass is 10.3. The van der Waals surface area contributed by atoms with Crippen LogP contribution in [0.15, 0.2) is 41.1 Å². The molecule has 0 bridgehead atoms. The molecule has 0 radical (unpaired) electrons. The average molecular weight is 303 g/mol. The summed E-state index contributed by atoms with van der Waals surface area (Å²) < 4.78 is 19.1. The van der Waals surface area contributed by atoms with Gasteiger partial charge in [0.05, 0.1) is 0 Å². The van der Waals surface area contributed by atoms with E-state index in [4.69, 9.17) is 16.3 Å². The summed E-state index contributed by atoms with van der Waals surface area (Å²) in [6, 6.07) is 5.89. The lowest BCUT2D eigenvalue weighted by Crippen LogP contribution is -1.87. The maximum absolute atomic E-state index is 13.1. The van der Waals surface area contributed by atoms with Crippen LogP contribution in [0, 0.1) is 5.82 Å². The number of rotatable bonds is 2. The van der Waals surface area contributed by atoms with Gasteiger partial charge in [0.15, 0.2) is 0 Å². The molecule has 0 saturated carbocycles. The van der Waals surface area contributed by atoms with Crippen LogP contribution in [0.1, 0.15) is 0 Å². The molecule has 0 amide bonds. The summed E-state index contributed by atoms with van der Waals surface area (Å²) >= 11 is 9.04. The van der Waals surface area contributed by atoms with Crippen molar-refractivity contribution in [3.63, 3.8) is 0 Å². The highest BCUT2D eigenvalue weighted by Crippen LogP contribution is 2.30. The fourth-order valence-electron chi connectivity index (χ4n) is 1.16. The van der Waals surface area contributed by atoms with E-state index < -0.39 is 0 Å². The van der Waals surface area contributed by atoms with Gasteiger partial charge in [-0.2, -0.15) is 0 Å². The minimum atomic E-state index is -0.380. The van der Waals surface area contributed by atoms with E-state index in [9.17, 15) is 4.39 Å².